The average molecular weight is 256 g/mol. The molecular formula is C16H16O3. The van der Waals surface area contributed by atoms with Crippen molar-refractivity contribution >= 4 is 5.97 Å². The summed E-state index contributed by atoms with van der Waals surface area (Å²) in [6, 6.07) is 15.3. The van der Waals surface area contributed by atoms with Gasteiger partial charge in [-0.05, 0) is 30.0 Å². The quantitative estimate of drug-likeness (QED) is 0.864. The lowest BCUT2D eigenvalue weighted by Gasteiger charge is -2.06. The van der Waals surface area contributed by atoms with Gasteiger partial charge in [-0.3, -0.25) is 4.79 Å². The van der Waals surface area contributed by atoms with Gasteiger partial charge in [0.1, 0.15) is 5.75 Å². The Morgan fingerprint density at radius 2 is 1.63 bits per heavy atom. The van der Waals surface area contributed by atoms with Crippen LogP contribution in [0.1, 0.15) is 16.7 Å². The van der Waals surface area contributed by atoms with Crippen LogP contribution < -0.4 is 0 Å². The summed E-state index contributed by atoms with van der Waals surface area (Å²) >= 11 is 0. The van der Waals surface area contributed by atoms with Crippen molar-refractivity contribution in [3.05, 3.63) is 65.2 Å². The second-order valence-electron chi connectivity index (χ2n) is 4.52. The molecule has 2 aromatic carbocycles. The van der Waals surface area contributed by atoms with Gasteiger partial charge in [0.05, 0.1) is 6.42 Å². The van der Waals surface area contributed by atoms with Gasteiger partial charge in [-0.25, -0.2) is 0 Å². The second kappa shape index (κ2) is 6.05. The first-order valence-corrected chi connectivity index (χ1v) is 6.21. The van der Waals surface area contributed by atoms with E-state index in [0.29, 0.717) is 5.56 Å². The van der Waals surface area contributed by atoms with Crippen molar-refractivity contribution in [2.45, 2.75) is 19.3 Å². The topological polar surface area (TPSA) is 57.5 Å². The number of aliphatic carboxylic acids is 1. The molecule has 0 aliphatic carbocycles. The number of hydrogen-bond donors (Lipinski definition) is 2. The molecule has 0 saturated carbocycles. The lowest BCUT2D eigenvalue weighted by molar-refractivity contribution is -0.136. The third-order valence-electron chi connectivity index (χ3n) is 3.04. The second-order valence-corrected chi connectivity index (χ2v) is 4.52. The van der Waals surface area contributed by atoms with Crippen molar-refractivity contribution in [3.8, 4) is 5.75 Å². The highest BCUT2D eigenvalue weighted by Crippen LogP contribution is 2.20. The molecule has 0 fully saturated rings. The normalized spacial score (nSPS) is 10.3. The molecule has 19 heavy (non-hydrogen) atoms. The Hall–Kier alpha value is -2.29. The highest BCUT2D eigenvalue weighted by molar-refractivity contribution is 5.71. The number of carboxylic acids is 1. The van der Waals surface area contributed by atoms with Crippen molar-refractivity contribution in [2.75, 3.05) is 0 Å². The van der Waals surface area contributed by atoms with Crippen LogP contribution in [0.15, 0.2) is 48.5 Å². The molecule has 0 radical (unpaired) electrons. The van der Waals surface area contributed by atoms with Gasteiger partial charge in [0.2, 0.25) is 0 Å². The molecule has 0 bridgehead atoms. The minimum Gasteiger partial charge on any atom is -0.508 e. The summed E-state index contributed by atoms with van der Waals surface area (Å²) in [4.78, 5) is 10.6. The van der Waals surface area contributed by atoms with Crippen LogP contribution in [0.4, 0.5) is 0 Å². The maximum atomic E-state index is 10.6. The Balaban J connectivity index is 2.02. The molecule has 98 valence electrons. The number of phenolic OH excluding ortho intramolecular Hbond substituents is 1. The molecular weight excluding hydrogens is 240 g/mol. The average Bonchev–Trinajstić information content (AvgIpc) is 2.40. The summed E-state index contributed by atoms with van der Waals surface area (Å²) in [7, 11) is 0. The number of carbonyl (C=O) groups is 1. The summed E-state index contributed by atoms with van der Waals surface area (Å²) in [6.45, 7) is 0. The first kappa shape index (κ1) is 13.1. The molecule has 2 rings (SSSR count). The van der Waals surface area contributed by atoms with Crippen molar-refractivity contribution in [1.82, 2.24) is 0 Å². The first-order valence-electron chi connectivity index (χ1n) is 6.21. The Morgan fingerprint density at radius 3 is 2.26 bits per heavy atom. The number of hydrogen-bond acceptors (Lipinski definition) is 2. The Morgan fingerprint density at radius 1 is 0.947 bits per heavy atom. The van der Waals surface area contributed by atoms with Gasteiger partial charge in [-0.15, -0.1) is 0 Å². The predicted molar refractivity (Wildman–Crippen MR) is 73.3 cm³/mol. The van der Waals surface area contributed by atoms with Crippen LogP contribution in [0.25, 0.3) is 0 Å². The molecule has 2 N–H and O–H groups in total. The van der Waals surface area contributed by atoms with Gasteiger partial charge >= 0.3 is 5.97 Å². The molecule has 0 spiro atoms. The van der Waals surface area contributed by atoms with Crippen LogP contribution in [-0.2, 0) is 24.1 Å². The van der Waals surface area contributed by atoms with E-state index >= 15 is 0 Å². The predicted octanol–water partition coefficient (Wildman–Crippen LogP) is 2.80. The minimum atomic E-state index is -0.938. The highest BCUT2D eigenvalue weighted by atomic mass is 16.4. The van der Waals surface area contributed by atoms with Crippen LogP contribution in [0.5, 0.6) is 5.75 Å². The van der Waals surface area contributed by atoms with Gasteiger partial charge < -0.3 is 10.2 Å². The smallest absolute Gasteiger partial charge is 0.307 e. The lowest BCUT2D eigenvalue weighted by atomic mass is 10.0. The van der Waals surface area contributed by atoms with Gasteiger partial charge in [0.25, 0.3) is 0 Å². The van der Waals surface area contributed by atoms with Crippen LogP contribution >= 0.6 is 0 Å². The molecule has 0 heterocycles. The van der Waals surface area contributed by atoms with Crippen molar-refractivity contribution in [1.29, 1.82) is 0 Å². The summed E-state index contributed by atoms with van der Waals surface area (Å²) in [6.07, 6.45) is 1.58. The number of carboxylic acid groups (broad SMARTS) is 1. The summed E-state index contributed by atoms with van der Waals surface area (Å²) in [5.74, 6) is -0.875. The third-order valence-corrected chi connectivity index (χ3v) is 3.04. The van der Waals surface area contributed by atoms with E-state index in [4.69, 9.17) is 5.11 Å². The fraction of sp³-hybridized carbons (Fsp3) is 0.188. The van der Waals surface area contributed by atoms with E-state index in [2.05, 4.69) is 12.1 Å². The molecule has 0 unspecified atom stereocenters. The number of rotatable bonds is 5. The fourth-order valence-electron chi connectivity index (χ4n) is 2.01. The van der Waals surface area contributed by atoms with Crippen molar-refractivity contribution in [2.24, 2.45) is 0 Å². The maximum absolute atomic E-state index is 10.6. The van der Waals surface area contributed by atoms with Gasteiger partial charge in [0, 0.05) is 5.56 Å². The van der Waals surface area contributed by atoms with Crippen LogP contribution in [0.3, 0.4) is 0 Å². The summed E-state index contributed by atoms with van der Waals surface area (Å²) in [5.41, 5.74) is 2.71. The van der Waals surface area contributed by atoms with E-state index in [1.54, 1.807) is 12.1 Å². The van der Waals surface area contributed by atoms with Crippen LogP contribution in [-0.4, -0.2) is 16.2 Å². The van der Waals surface area contributed by atoms with Crippen molar-refractivity contribution in [3.63, 3.8) is 0 Å². The summed E-state index contributed by atoms with van der Waals surface area (Å²) in [5, 5.41) is 18.5. The summed E-state index contributed by atoms with van der Waals surface area (Å²) < 4.78 is 0. The molecule has 0 aliphatic heterocycles. The SMILES string of the molecule is O=C(O)Cc1ccc(CCc2ccccc2)cc1O. The van der Waals surface area contributed by atoms with E-state index in [9.17, 15) is 9.90 Å². The zero-order valence-corrected chi connectivity index (χ0v) is 10.5. The van der Waals surface area contributed by atoms with Gasteiger partial charge in [-0.1, -0.05) is 42.5 Å². The van der Waals surface area contributed by atoms with Gasteiger partial charge in [-0.2, -0.15) is 0 Å². The van der Waals surface area contributed by atoms with E-state index < -0.39 is 5.97 Å². The molecule has 3 heteroatoms. The molecule has 0 amide bonds. The Bertz CT molecular complexity index is 561. The molecule has 0 atom stereocenters. The number of aryl methyl sites for hydroxylation is 2. The Kier molecular flexibility index (Phi) is 4.18. The number of aromatic hydroxyl groups is 1. The van der Waals surface area contributed by atoms with E-state index in [-0.39, 0.29) is 12.2 Å². The zero-order chi connectivity index (χ0) is 13.7. The van der Waals surface area contributed by atoms with Crippen LogP contribution in [0, 0.1) is 0 Å². The molecule has 0 saturated heterocycles. The van der Waals surface area contributed by atoms with E-state index in [1.807, 2.05) is 24.3 Å². The minimum absolute atomic E-state index is 0.0629. The highest BCUT2D eigenvalue weighted by Gasteiger charge is 2.07. The largest absolute Gasteiger partial charge is 0.508 e. The molecule has 2 aromatic rings. The molecule has 3 nitrogen and oxygen atoms in total. The standard InChI is InChI=1S/C16H16O3/c17-15-10-13(8-9-14(15)11-16(18)19)7-6-12-4-2-1-3-5-12/h1-5,8-10,17H,6-7,11H2,(H,18,19). The zero-order valence-electron chi connectivity index (χ0n) is 10.5. The van der Waals surface area contributed by atoms with Crippen molar-refractivity contribution < 1.29 is 15.0 Å². The monoisotopic (exact) mass is 256 g/mol. The van der Waals surface area contributed by atoms with Gasteiger partial charge in [0.15, 0.2) is 0 Å². The van der Waals surface area contributed by atoms with E-state index in [0.717, 1.165) is 18.4 Å². The van der Waals surface area contributed by atoms with Crippen LogP contribution in [0.2, 0.25) is 0 Å². The lowest BCUT2D eigenvalue weighted by Crippen LogP contribution is -2.01. The number of benzene rings is 2. The fourth-order valence-corrected chi connectivity index (χ4v) is 2.01. The molecule has 0 aliphatic rings. The third kappa shape index (κ3) is 3.85. The van der Waals surface area contributed by atoms with E-state index in [1.165, 1.54) is 5.56 Å². The number of phenols is 1. The Labute approximate surface area is 112 Å². The maximum Gasteiger partial charge on any atom is 0.307 e. The molecule has 0 aromatic heterocycles. The first-order chi connectivity index (χ1) is 9.15.